The molecule has 28 heavy (non-hydrogen) atoms. The predicted octanol–water partition coefficient (Wildman–Crippen LogP) is 4.26. The van der Waals surface area contributed by atoms with E-state index in [1.807, 2.05) is 36.4 Å². The van der Waals surface area contributed by atoms with Crippen LogP contribution in [0.3, 0.4) is 0 Å². The molecule has 3 rings (SSSR count). The van der Waals surface area contributed by atoms with Crippen LogP contribution >= 0.6 is 23.4 Å². The summed E-state index contributed by atoms with van der Waals surface area (Å²) in [6.07, 6.45) is 1.86. The second-order valence-electron chi connectivity index (χ2n) is 6.42. The van der Waals surface area contributed by atoms with Crippen molar-refractivity contribution in [2.75, 3.05) is 5.75 Å². The minimum Gasteiger partial charge on any atom is -0.351 e. The van der Waals surface area contributed by atoms with Gasteiger partial charge in [-0.25, -0.2) is 4.98 Å². The number of carbonyl (C=O) groups excluding carboxylic acids is 1. The van der Waals surface area contributed by atoms with E-state index >= 15 is 0 Å². The number of unbranched alkanes of at least 4 members (excludes halogenated alkanes) is 1. The van der Waals surface area contributed by atoms with Gasteiger partial charge in [0.25, 0.3) is 5.56 Å². The average Bonchev–Trinajstić information content (AvgIpc) is 2.70. The summed E-state index contributed by atoms with van der Waals surface area (Å²) in [5.74, 6) is 0.0757. The number of rotatable bonds is 8. The Hall–Kier alpha value is -2.31. The third-order valence-corrected chi connectivity index (χ3v) is 5.48. The lowest BCUT2D eigenvalue weighted by Crippen LogP contribution is -2.27. The Morgan fingerprint density at radius 2 is 2.04 bits per heavy atom. The van der Waals surface area contributed by atoms with E-state index in [1.165, 1.54) is 11.8 Å². The van der Waals surface area contributed by atoms with Crippen molar-refractivity contribution in [3.05, 3.63) is 69.5 Å². The van der Waals surface area contributed by atoms with Gasteiger partial charge in [-0.2, -0.15) is 0 Å². The first-order valence-corrected chi connectivity index (χ1v) is 10.6. The van der Waals surface area contributed by atoms with Gasteiger partial charge in [-0.05, 0) is 36.2 Å². The van der Waals surface area contributed by atoms with E-state index in [4.69, 9.17) is 11.6 Å². The van der Waals surface area contributed by atoms with E-state index in [-0.39, 0.29) is 17.2 Å². The number of benzene rings is 2. The molecule has 0 aliphatic heterocycles. The standard InChI is InChI=1S/C21H22ClN3O2S/c1-2-3-11-25-20(27)17-9-4-5-10-18(17)24-21(25)28-14-19(26)23-13-15-7-6-8-16(22)12-15/h4-10,12H,2-3,11,13-14H2,1H3,(H,23,26). The fourth-order valence-corrected chi connectivity index (χ4v) is 3.87. The van der Waals surface area contributed by atoms with E-state index in [1.54, 1.807) is 16.7 Å². The first-order valence-electron chi connectivity index (χ1n) is 9.22. The highest BCUT2D eigenvalue weighted by Crippen LogP contribution is 2.18. The number of hydrogen-bond donors (Lipinski definition) is 1. The highest BCUT2D eigenvalue weighted by molar-refractivity contribution is 7.99. The molecule has 0 saturated heterocycles. The second-order valence-corrected chi connectivity index (χ2v) is 7.80. The molecule has 1 N–H and O–H groups in total. The fraction of sp³-hybridized carbons (Fsp3) is 0.286. The molecule has 0 spiro atoms. The van der Waals surface area contributed by atoms with Gasteiger partial charge in [-0.15, -0.1) is 0 Å². The summed E-state index contributed by atoms with van der Waals surface area (Å²) in [7, 11) is 0. The minimum absolute atomic E-state index is 0.0547. The Morgan fingerprint density at radius 1 is 1.21 bits per heavy atom. The first-order chi connectivity index (χ1) is 13.6. The number of halogens is 1. The zero-order valence-electron chi connectivity index (χ0n) is 15.7. The van der Waals surface area contributed by atoms with Gasteiger partial charge in [0.05, 0.1) is 16.7 Å². The molecule has 0 aliphatic rings. The van der Waals surface area contributed by atoms with Crippen LogP contribution in [0, 0.1) is 0 Å². The van der Waals surface area contributed by atoms with E-state index in [2.05, 4.69) is 17.2 Å². The molecule has 1 amide bonds. The van der Waals surface area contributed by atoms with Crippen LogP contribution in [0.25, 0.3) is 10.9 Å². The fourth-order valence-electron chi connectivity index (χ4n) is 2.80. The topological polar surface area (TPSA) is 64.0 Å². The van der Waals surface area contributed by atoms with E-state index in [0.717, 1.165) is 18.4 Å². The summed E-state index contributed by atoms with van der Waals surface area (Å²) < 4.78 is 1.68. The smallest absolute Gasteiger partial charge is 0.262 e. The molecule has 0 atom stereocenters. The third-order valence-electron chi connectivity index (χ3n) is 4.27. The summed E-state index contributed by atoms with van der Waals surface area (Å²) in [5, 5.41) is 4.70. The zero-order valence-corrected chi connectivity index (χ0v) is 17.2. The lowest BCUT2D eigenvalue weighted by molar-refractivity contribution is -0.118. The molecule has 146 valence electrons. The molecule has 0 unspecified atom stereocenters. The molecule has 5 nitrogen and oxygen atoms in total. The first kappa shape index (κ1) is 20.4. The van der Waals surface area contributed by atoms with E-state index in [0.29, 0.717) is 34.2 Å². The van der Waals surface area contributed by atoms with Crippen molar-refractivity contribution < 1.29 is 4.79 Å². The SMILES string of the molecule is CCCCn1c(SCC(=O)NCc2cccc(Cl)c2)nc2ccccc2c1=O. The number of nitrogens with zero attached hydrogens (tertiary/aromatic N) is 2. The van der Waals surface area contributed by atoms with Crippen LogP contribution in [0.15, 0.2) is 58.5 Å². The van der Waals surface area contributed by atoms with Gasteiger partial charge in [0.1, 0.15) is 0 Å². The van der Waals surface area contributed by atoms with Crippen LogP contribution < -0.4 is 10.9 Å². The van der Waals surface area contributed by atoms with Crippen molar-refractivity contribution in [1.29, 1.82) is 0 Å². The Labute approximate surface area is 173 Å². The zero-order chi connectivity index (χ0) is 19.9. The van der Waals surface area contributed by atoms with Crippen LogP contribution in [0.1, 0.15) is 25.3 Å². The molecule has 0 radical (unpaired) electrons. The minimum atomic E-state index is -0.116. The van der Waals surface area contributed by atoms with Crippen molar-refractivity contribution in [2.45, 2.75) is 38.0 Å². The molecule has 1 aromatic heterocycles. The number of hydrogen-bond acceptors (Lipinski definition) is 4. The second kappa shape index (κ2) is 9.75. The monoisotopic (exact) mass is 415 g/mol. The molecule has 7 heteroatoms. The molecular weight excluding hydrogens is 394 g/mol. The molecule has 3 aromatic rings. The van der Waals surface area contributed by atoms with Gasteiger partial charge in [-0.3, -0.25) is 14.2 Å². The maximum atomic E-state index is 12.8. The van der Waals surface area contributed by atoms with E-state index in [9.17, 15) is 9.59 Å². The summed E-state index contributed by atoms with van der Waals surface area (Å²) in [6.45, 7) is 3.09. The number of fused-ring (bicyclic) bond motifs is 1. The number of nitrogens with one attached hydrogen (secondary N) is 1. The van der Waals surface area contributed by atoms with Gasteiger partial charge in [0, 0.05) is 18.1 Å². The largest absolute Gasteiger partial charge is 0.351 e. The maximum absolute atomic E-state index is 12.8. The number of para-hydroxylation sites is 1. The molecule has 2 aromatic carbocycles. The Balaban J connectivity index is 1.71. The predicted molar refractivity (Wildman–Crippen MR) is 115 cm³/mol. The molecule has 0 saturated carbocycles. The van der Waals surface area contributed by atoms with Gasteiger partial charge < -0.3 is 5.32 Å². The highest BCUT2D eigenvalue weighted by Gasteiger charge is 2.13. The quantitative estimate of drug-likeness (QED) is 0.441. The molecule has 0 aliphatic carbocycles. The van der Waals surface area contributed by atoms with Gasteiger partial charge >= 0.3 is 0 Å². The summed E-state index contributed by atoms with van der Waals surface area (Å²) >= 11 is 7.25. The molecule has 0 fully saturated rings. The van der Waals surface area contributed by atoms with Gasteiger partial charge in [0.2, 0.25) is 5.91 Å². The third kappa shape index (κ3) is 5.14. The molecule has 0 bridgehead atoms. The number of thioether (sulfide) groups is 1. The van der Waals surface area contributed by atoms with Crippen LogP contribution in [0.4, 0.5) is 0 Å². The van der Waals surface area contributed by atoms with Gasteiger partial charge in [-0.1, -0.05) is 61.0 Å². The number of carbonyl (C=O) groups is 1. The Morgan fingerprint density at radius 3 is 2.82 bits per heavy atom. The van der Waals surface area contributed by atoms with Crippen LogP contribution in [0.5, 0.6) is 0 Å². The summed E-state index contributed by atoms with van der Waals surface area (Å²) in [5.41, 5.74) is 1.54. The van der Waals surface area contributed by atoms with Crippen molar-refractivity contribution in [3.8, 4) is 0 Å². The van der Waals surface area contributed by atoms with Crippen molar-refractivity contribution >= 4 is 40.2 Å². The van der Waals surface area contributed by atoms with Crippen molar-refractivity contribution in [1.82, 2.24) is 14.9 Å². The Kier molecular flexibility index (Phi) is 7.12. The van der Waals surface area contributed by atoms with Crippen molar-refractivity contribution in [3.63, 3.8) is 0 Å². The lowest BCUT2D eigenvalue weighted by atomic mass is 10.2. The summed E-state index contributed by atoms with van der Waals surface area (Å²) in [4.78, 5) is 29.7. The highest BCUT2D eigenvalue weighted by atomic mass is 35.5. The van der Waals surface area contributed by atoms with Crippen LogP contribution in [0.2, 0.25) is 5.02 Å². The summed E-state index contributed by atoms with van der Waals surface area (Å²) in [6, 6.07) is 14.7. The van der Waals surface area contributed by atoms with Gasteiger partial charge in [0.15, 0.2) is 5.16 Å². The maximum Gasteiger partial charge on any atom is 0.262 e. The lowest BCUT2D eigenvalue weighted by Gasteiger charge is -2.13. The molecular formula is C21H22ClN3O2S. The van der Waals surface area contributed by atoms with Crippen molar-refractivity contribution in [2.24, 2.45) is 0 Å². The number of aromatic nitrogens is 2. The van der Waals surface area contributed by atoms with E-state index < -0.39 is 0 Å². The average molecular weight is 416 g/mol. The Bertz CT molecular complexity index is 1040. The normalized spacial score (nSPS) is 10.9. The molecule has 1 heterocycles. The van der Waals surface area contributed by atoms with Crippen LogP contribution in [-0.2, 0) is 17.9 Å². The number of amides is 1. The van der Waals surface area contributed by atoms with Crippen LogP contribution in [-0.4, -0.2) is 21.2 Å².